The number of rotatable bonds is 8. The van der Waals surface area contributed by atoms with Crippen LogP contribution in [0.2, 0.25) is 0 Å². The van der Waals surface area contributed by atoms with Gasteiger partial charge in [-0.2, -0.15) is 0 Å². The van der Waals surface area contributed by atoms with Gasteiger partial charge >= 0.3 is 0 Å². The van der Waals surface area contributed by atoms with Crippen molar-refractivity contribution >= 4 is 15.9 Å². The summed E-state index contributed by atoms with van der Waals surface area (Å²) in [6, 6.07) is 9.99. The molecule has 0 bridgehead atoms. The van der Waals surface area contributed by atoms with Crippen molar-refractivity contribution in [3.05, 3.63) is 35.9 Å². The number of nitrogens with one attached hydrogen (secondary N) is 1. The van der Waals surface area contributed by atoms with E-state index in [4.69, 9.17) is 0 Å². The molecule has 0 heterocycles. The molecule has 0 fully saturated rings. The van der Waals surface area contributed by atoms with E-state index >= 15 is 0 Å². The first-order valence-corrected chi connectivity index (χ1v) is 9.73. The quantitative estimate of drug-likeness (QED) is 0.787. The van der Waals surface area contributed by atoms with E-state index in [1.807, 2.05) is 51.1 Å². The van der Waals surface area contributed by atoms with E-state index in [1.165, 1.54) is 16.1 Å². The summed E-state index contributed by atoms with van der Waals surface area (Å²) < 4.78 is 25.1. The van der Waals surface area contributed by atoms with Crippen molar-refractivity contribution in [1.82, 2.24) is 9.62 Å². The van der Waals surface area contributed by atoms with Gasteiger partial charge in [-0.3, -0.25) is 4.79 Å². The Morgan fingerprint density at radius 3 is 2.26 bits per heavy atom. The smallest absolute Gasteiger partial charge is 0.225 e. The van der Waals surface area contributed by atoms with Gasteiger partial charge in [-0.05, 0) is 18.4 Å². The minimum Gasteiger partial charge on any atom is -0.354 e. The Bertz CT molecular complexity index is 592. The fourth-order valence-corrected chi connectivity index (χ4v) is 2.99. The number of sulfonamides is 1. The van der Waals surface area contributed by atoms with Crippen LogP contribution in [0.25, 0.3) is 0 Å². The molecule has 1 amide bonds. The highest BCUT2D eigenvalue weighted by atomic mass is 32.2. The molecule has 0 aliphatic heterocycles. The normalized spacial score (nSPS) is 12.4. The van der Waals surface area contributed by atoms with Gasteiger partial charge in [-0.1, -0.05) is 51.1 Å². The highest BCUT2D eigenvalue weighted by Crippen LogP contribution is 2.12. The van der Waals surface area contributed by atoms with Crippen molar-refractivity contribution in [2.24, 2.45) is 5.41 Å². The second kappa shape index (κ2) is 8.45. The second-order valence-corrected chi connectivity index (χ2v) is 8.74. The molecule has 0 saturated heterocycles. The molecule has 0 atom stereocenters. The number of aryl methyl sites for hydroxylation is 1. The lowest BCUT2D eigenvalue weighted by Gasteiger charge is -2.22. The van der Waals surface area contributed by atoms with Crippen molar-refractivity contribution in [2.75, 3.05) is 25.9 Å². The van der Waals surface area contributed by atoms with Gasteiger partial charge in [-0.15, -0.1) is 0 Å². The highest BCUT2D eigenvalue weighted by molar-refractivity contribution is 7.88. The highest BCUT2D eigenvalue weighted by Gasteiger charge is 2.22. The average Bonchev–Trinajstić information content (AvgIpc) is 2.44. The van der Waals surface area contributed by atoms with Gasteiger partial charge in [0.1, 0.15) is 0 Å². The SMILES string of the molecule is CC(C)(C)C(=O)NCCN(CCCc1ccccc1)S(C)(=O)=O. The van der Waals surface area contributed by atoms with Crippen LogP contribution in [-0.2, 0) is 21.2 Å². The largest absolute Gasteiger partial charge is 0.354 e. The molecule has 0 aliphatic carbocycles. The zero-order chi connectivity index (χ0) is 17.5. The van der Waals surface area contributed by atoms with E-state index in [1.54, 1.807) is 0 Å². The summed E-state index contributed by atoms with van der Waals surface area (Å²) in [6.07, 6.45) is 2.80. The monoisotopic (exact) mass is 340 g/mol. The summed E-state index contributed by atoms with van der Waals surface area (Å²) in [6.45, 7) is 6.58. The minimum absolute atomic E-state index is 0.0739. The lowest BCUT2D eigenvalue weighted by molar-refractivity contribution is -0.128. The number of benzene rings is 1. The van der Waals surface area contributed by atoms with Gasteiger partial charge in [0, 0.05) is 25.0 Å². The van der Waals surface area contributed by atoms with Crippen LogP contribution >= 0.6 is 0 Å². The molecule has 0 aliphatic rings. The number of nitrogens with zero attached hydrogens (tertiary/aromatic N) is 1. The fourth-order valence-electron chi connectivity index (χ4n) is 2.11. The molecule has 6 heteroatoms. The maximum Gasteiger partial charge on any atom is 0.225 e. The number of hydrogen-bond donors (Lipinski definition) is 1. The molecule has 0 aromatic heterocycles. The third kappa shape index (κ3) is 7.61. The molecule has 0 saturated carbocycles. The maximum atomic E-state index is 11.9. The molecule has 0 radical (unpaired) electrons. The third-order valence-corrected chi connectivity index (χ3v) is 4.82. The summed E-state index contributed by atoms with van der Waals surface area (Å²) >= 11 is 0. The molecule has 5 nitrogen and oxygen atoms in total. The Balaban J connectivity index is 2.46. The zero-order valence-corrected chi connectivity index (χ0v) is 15.3. The first-order valence-electron chi connectivity index (χ1n) is 7.88. The van der Waals surface area contributed by atoms with E-state index in [2.05, 4.69) is 5.32 Å². The second-order valence-electron chi connectivity index (χ2n) is 6.76. The van der Waals surface area contributed by atoms with Gasteiger partial charge in [0.05, 0.1) is 6.26 Å². The van der Waals surface area contributed by atoms with Crippen LogP contribution in [0.3, 0.4) is 0 Å². The summed E-state index contributed by atoms with van der Waals surface area (Å²) in [5, 5.41) is 2.79. The number of carbonyl (C=O) groups is 1. The molecule has 1 aromatic carbocycles. The van der Waals surface area contributed by atoms with E-state index in [-0.39, 0.29) is 5.91 Å². The summed E-state index contributed by atoms with van der Waals surface area (Å²) in [5.41, 5.74) is 0.727. The van der Waals surface area contributed by atoms with Crippen molar-refractivity contribution in [3.8, 4) is 0 Å². The van der Waals surface area contributed by atoms with Gasteiger partial charge in [-0.25, -0.2) is 12.7 Å². The Labute approximate surface area is 140 Å². The number of carbonyl (C=O) groups excluding carboxylic acids is 1. The molecule has 1 N–H and O–H groups in total. The predicted molar refractivity (Wildman–Crippen MR) is 93.6 cm³/mol. The summed E-state index contributed by atoms with van der Waals surface area (Å²) in [5.74, 6) is -0.0739. The summed E-state index contributed by atoms with van der Waals surface area (Å²) in [7, 11) is -3.27. The van der Waals surface area contributed by atoms with Crippen LogP contribution in [-0.4, -0.2) is 44.5 Å². The first kappa shape index (κ1) is 19.6. The van der Waals surface area contributed by atoms with E-state index in [9.17, 15) is 13.2 Å². The maximum absolute atomic E-state index is 11.9. The van der Waals surface area contributed by atoms with Crippen molar-refractivity contribution < 1.29 is 13.2 Å². The molecule has 0 unspecified atom stereocenters. The van der Waals surface area contributed by atoms with Crippen LogP contribution in [0.1, 0.15) is 32.8 Å². The number of amides is 1. The third-order valence-electron chi connectivity index (χ3n) is 3.51. The standard InChI is InChI=1S/C17H28N2O3S/c1-17(2,3)16(20)18-12-14-19(23(4,21)22)13-8-11-15-9-6-5-7-10-15/h5-7,9-10H,8,11-14H2,1-4H3,(H,18,20). The lowest BCUT2D eigenvalue weighted by atomic mass is 9.96. The molecular weight excluding hydrogens is 312 g/mol. The molecule has 1 aromatic rings. The first-order chi connectivity index (χ1) is 10.6. The van der Waals surface area contributed by atoms with Crippen LogP contribution in [0.15, 0.2) is 30.3 Å². The van der Waals surface area contributed by atoms with Crippen LogP contribution in [0.5, 0.6) is 0 Å². The van der Waals surface area contributed by atoms with Gasteiger partial charge in [0.2, 0.25) is 15.9 Å². The Kier molecular flexibility index (Phi) is 7.22. The van der Waals surface area contributed by atoms with Gasteiger partial charge < -0.3 is 5.32 Å². The minimum atomic E-state index is -3.27. The van der Waals surface area contributed by atoms with Gasteiger partial charge in [0.25, 0.3) is 0 Å². The summed E-state index contributed by atoms with van der Waals surface area (Å²) in [4.78, 5) is 11.8. The molecule has 1 rings (SSSR count). The predicted octanol–water partition coefficient (Wildman–Crippen LogP) is 2.04. The average molecular weight is 340 g/mol. The van der Waals surface area contributed by atoms with Crippen molar-refractivity contribution in [2.45, 2.75) is 33.6 Å². The topological polar surface area (TPSA) is 66.5 Å². The Hall–Kier alpha value is -1.40. The molecular formula is C17H28N2O3S. The zero-order valence-electron chi connectivity index (χ0n) is 14.5. The molecule has 23 heavy (non-hydrogen) atoms. The van der Waals surface area contributed by atoms with E-state index in [0.717, 1.165) is 12.8 Å². The fraction of sp³-hybridized carbons (Fsp3) is 0.588. The van der Waals surface area contributed by atoms with Crippen LogP contribution in [0, 0.1) is 5.41 Å². The molecule has 130 valence electrons. The molecule has 0 spiro atoms. The van der Waals surface area contributed by atoms with Gasteiger partial charge in [0.15, 0.2) is 0 Å². The van der Waals surface area contributed by atoms with E-state index in [0.29, 0.717) is 19.6 Å². The number of hydrogen-bond acceptors (Lipinski definition) is 3. The Morgan fingerprint density at radius 1 is 1.13 bits per heavy atom. The van der Waals surface area contributed by atoms with Crippen LogP contribution in [0.4, 0.5) is 0 Å². The Morgan fingerprint density at radius 2 is 1.74 bits per heavy atom. The van der Waals surface area contributed by atoms with Crippen molar-refractivity contribution in [3.63, 3.8) is 0 Å². The van der Waals surface area contributed by atoms with Crippen LogP contribution < -0.4 is 5.32 Å². The van der Waals surface area contributed by atoms with E-state index < -0.39 is 15.4 Å². The lowest BCUT2D eigenvalue weighted by Crippen LogP contribution is -2.42. The van der Waals surface area contributed by atoms with Crippen molar-refractivity contribution in [1.29, 1.82) is 0 Å².